The van der Waals surface area contributed by atoms with E-state index in [9.17, 15) is 9.59 Å². The Morgan fingerprint density at radius 2 is 2.04 bits per heavy atom. The maximum absolute atomic E-state index is 12.9. The number of amides is 2. The van der Waals surface area contributed by atoms with Gasteiger partial charge in [-0.2, -0.15) is 0 Å². The molecule has 6 heteroatoms. The van der Waals surface area contributed by atoms with Crippen molar-refractivity contribution in [2.75, 3.05) is 33.4 Å². The smallest absolute Gasteiger partial charge is 0.242 e. The van der Waals surface area contributed by atoms with Crippen molar-refractivity contribution >= 4 is 11.8 Å². The van der Waals surface area contributed by atoms with E-state index in [1.54, 1.807) is 12.0 Å². The van der Waals surface area contributed by atoms with E-state index in [0.29, 0.717) is 37.9 Å². The second-order valence-corrected chi connectivity index (χ2v) is 7.45. The van der Waals surface area contributed by atoms with Crippen molar-refractivity contribution < 1.29 is 19.1 Å². The molecule has 6 nitrogen and oxygen atoms in total. The van der Waals surface area contributed by atoms with Gasteiger partial charge in [0.2, 0.25) is 11.8 Å². The van der Waals surface area contributed by atoms with Gasteiger partial charge < -0.3 is 19.3 Å². The van der Waals surface area contributed by atoms with Crippen LogP contribution in [-0.4, -0.2) is 61.0 Å². The Morgan fingerprint density at radius 1 is 1.23 bits per heavy atom. The Hall–Kier alpha value is -2.24. The first-order chi connectivity index (χ1) is 12.7. The van der Waals surface area contributed by atoms with E-state index < -0.39 is 0 Å². The fraction of sp³-hybridized carbons (Fsp3) is 0.600. The third-order valence-electron chi connectivity index (χ3n) is 5.86. The fourth-order valence-corrected chi connectivity index (χ4v) is 4.45. The third kappa shape index (κ3) is 3.13. The Morgan fingerprint density at radius 3 is 2.77 bits per heavy atom. The minimum Gasteiger partial charge on any atom is -0.493 e. The highest BCUT2D eigenvalue weighted by Crippen LogP contribution is 2.36. The summed E-state index contributed by atoms with van der Waals surface area (Å²) in [5, 5.41) is 0. The minimum atomic E-state index is -0.236. The van der Waals surface area contributed by atoms with Crippen molar-refractivity contribution in [3.05, 3.63) is 23.8 Å². The summed E-state index contributed by atoms with van der Waals surface area (Å²) >= 11 is 0. The number of para-hydroxylation sites is 1. The van der Waals surface area contributed by atoms with E-state index in [1.165, 1.54) is 12.8 Å². The van der Waals surface area contributed by atoms with Crippen molar-refractivity contribution in [1.82, 2.24) is 9.80 Å². The van der Waals surface area contributed by atoms with Crippen molar-refractivity contribution in [2.45, 2.75) is 38.1 Å². The van der Waals surface area contributed by atoms with Gasteiger partial charge in [0.15, 0.2) is 11.5 Å². The van der Waals surface area contributed by atoms with Gasteiger partial charge in [-0.15, -0.1) is 0 Å². The van der Waals surface area contributed by atoms with Crippen molar-refractivity contribution in [2.24, 2.45) is 5.92 Å². The number of hydrogen-bond donors (Lipinski definition) is 0. The summed E-state index contributed by atoms with van der Waals surface area (Å²) in [5.74, 6) is 1.32. The summed E-state index contributed by atoms with van der Waals surface area (Å²) in [7, 11) is 1.62. The van der Waals surface area contributed by atoms with Crippen LogP contribution >= 0.6 is 0 Å². The summed E-state index contributed by atoms with van der Waals surface area (Å²) < 4.78 is 11.2. The molecule has 1 aromatic carbocycles. The Balaban J connectivity index is 1.40. The normalized spacial score (nSPS) is 23.6. The fourth-order valence-electron chi connectivity index (χ4n) is 4.45. The molecule has 1 saturated carbocycles. The SMILES string of the molecule is COc1cccc2c1OC[C@H](C(=O)N1CCN(C3CCCC3)C(=O)C1)C2. The molecule has 0 bridgehead atoms. The summed E-state index contributed by atoms with van der Waals surface area (Å²) in [5.41, 5.74) is 0.991. The van der Waals surface area contributed by atoms with Crippen LogP contribution in [0, 0.1) is 5.92 Å². The lowest BCUT2D eigenvalue weighted by atomic mass is 9.95. The summed E-state index contributed by atoms with van der Waals surface area (Å²) in [6.07, 6.45) is 5.25. The molecule has 26 heavy (non-hydrogen) atoms. The number of benzene rings is 1. The van der Waals surface area contributed by atoms with Gasteiger partial charge in [-0.05, 0) is 30.9 Å². The summed E-state index contributed by atoms with van der Waals surface area (Å²) in [6, 6.07) is 6.14. The molecule has 0 radical (unpaired) electrons. The highest BCUT2D eigenvalue weighted by Gasteiger charge is 2.36. The van der Waals surface area contributed by atoms with Gasteiger partial charge in [-0.25, -0.2) is 0 Å². The largest absolute Gasteiger partial charge is 0.493 e. The Labute approximate surface area is 154 Å². The van der Waals surface area contributed by atoms with E-state index in [4.69, 9.17) is 9.47 Å². The first kappa shape index (κ1) is 17.2. The second-order valence-electron chi connectivity index (χ2n) is 7.45. The lowest BCUT2D eigenvalue weighted by Crippen LogP contribution is -2.56. The van der Waals surface area contributed by atoms with Crippen LogP contribution in [0.5, 0.6) is 11.5 Å². The standard InChI is InChI=1S/C20H26N2O4/c1-25-17-8-4-5-14-11-15(13-26-19(14)17)20(24)21-9-10-22(18(23)12-21)16-6-2-3-7-16/h4-5,8,15-16H,2-3,6-7,9-13H2,1H3/t15-/m1/s1. The maximum Gasteiger partial charge on any atom is 0.242 e. The molecule has 2 heterocycles. The zero-order chi connectivity index (χ0) is 18.1. The van der Waals surface area contributed by atoms with Crippen molar-refractivity contribution in [3.63, 3.8) is 0 Å². The number of nitrogens with zero attached hydrogens (tertiary/aromatic N) is 2. The molecule has 2 amide bonds. The number of hydrogen-bond acceptors (Lipinski definition) is 4. The molecule has 2 fully saturated rings. The van der Waals surface area contributed by atoms with Gasteiger partial charge in [0.1, 0.15) is 6.61 Å². The molecule has 0 unspecified atom stereocenters. The van der Waals surface area contributed by atoms with Gasteiger partial charge in [0.05, 0.1) is 19.6 Å². The Kier molecular flexibility index (Phi) is 4.74. The molecule has 0 spiro atoms. The molecular weight excluding hydrogens is 332 g/mol. The van der Waals surface area contributed by atoms with Crippen LogP contribution in [0.25, 0.3) is 0 Å². The lowest BCUT2D eigenvalue weighted by molar-refractivity contribution is -0.150. The molecule has 1 atom stereocenters. The highest BCUT2D eigenvalue weighted by molar-refractivity contribution is 5.87. The number of piperazine rings is 1. The second kappa shape index (κ2) is 7.17. The first-order valence-electron chi connectivity index (χ1n) is 9.54. The Bertz CT molecular complexity index is 699. The predicted molar refractivity (Wildman–Crippen MR) is 96.2 cm³/mol. The number of rotatable bonds is 3. The van der Waals surface area contributed by atoms with Crippen LogP contribution in [0.2, 0.25) is 0 Å². The summed E-state index contributed by atoms with van der Waals surface area (Å²) in [6.45, 7) is 1.83. The quantitative estimate of drug-likeness (QED) is 0.828. The van der Waals surface area contributed by atoms with E-state index in [-0.39, 0.29) is 24.3 Å². The van der Waals surface area contributed by atoms with Crippen LogP contribution in [0.15, 0.2) is 18.2 Å². The number of fused-ring (bicyclic) bond motifs is 1. The van der Waals surface area contributed by atoms with Crippen LogP contribution < -0.4 is 9.47 Å². The number of methoxy groups -OCH3 is 1. The molecular formula is C20H26N2O4. The van der Waals surface area contributed by atoms with Crippen molar-refractivity contribution in [1.29, 1.82) is 0 Å². The maximum atomic E-state index is 12.9. The van der Waals surface area contributed by atoms with Crippen LogP contribution in [0.3, 0.4) is 0 Å². The summed E-state index contributed by atoms with van der Waals surface area (Å²) in [4.78, 5) is 29.2. The van der Waals surface area contributed by atoms with Crippen LogP contribution in [0.4, 0.5) is 0 Å². The lowest BCUT2D eigenvalue weighted by Gasteiger charge is -2.39. The molecule has 1 aromatic rings. The van der Waals surface area contributed by atoms with E-state index in [2.05, 4.69) is 0 Å². The first-order valence-corrected chi connectivity index (χ1v) is 9.54. The van der Waals surface area contributed by atoms with Gasteiger partial charge >= 0.3 is 0 Å². The predicted octanol–water partition coefficient (Wildman–Crippen LogP) is 1.86. The van der Waals surface area contributed by atoms with Gasteiger partial charge in [-0.1, -0.05) is 25.0 Å². The topological polar surface area (TPSA) is 59.1 Å². The van der Waals surface area contributed by atoms with E-state index >= 15 is 0 Å². The molecule has 0 N–H and O–H groups in total. The minimum absolute atomic E-state index is 0.0258. The third-order valence-corrected chi connectivity index (χ3v) is 5.86. The molecule has 1 saturated heterocycles. The molecule has 2 aliphatic heterocycles. The average molecular weight is 358 g/mol. The van der Waals surface area contributed by atoms with Crippen LogP contribution in [-0.2, 0) is 16.0 Å². The molecule has 0 aromatic heterocycles. The molecule has 3 aliphatic rings. The zero-order valence-corrected chi connectivity index (χ0v) is 15.3. The van der Waals surface area contributed by atoms with Gasteiger partial charge in [0, 0.05) is 19.1 Å². The number of carbonyl (C=O) groups is 2. The number of carbonyl (C=O) groups excluding carboxylic acids is 2. The van der Waals surface area contributed by atoms with Crippen molar-refractivity contribution in [3.8, 4) is 11.5 Å². The number of ether oxygens (including phenoxy) is 2. The monoisotopic (exact) mass is 358 g/mol. The molecule has 140 valence electrons. The van der Waals surface area contributed by atoms with Crippen LogP contribution in [0.1, 0.15) is 31.2 Å². The van der Waals surface area contributed by atoms with Gasteiger partial charge in [0.25, 0.3) is 0 Å². The molecule has 1 aliphatic carbocycles. The molecule has 4 rings (SSSR count). The average Bonchev–Trinajstić information content (AvgIpc) is 3.20. The highest BCUT2D eigenvalue weighted by atomic mass is 16.5. The van der Waals surface area contributed by atoms with E-state index in [0.717, 1.165) is 24.2 Å². The zero-order valence-electron chi connectivity index (χ0n) is 15.3. The van der Waals surface area contributed by atoms with Gasteiger partial charge in [-0.3, -0.25) is 9.59 Å². The van der Waals surface area contributed by atoms with E-state index in [1.807, 2.05) is 23.1 Å².